The van der Waals surface area contributed by atoms with E-state index in [0.717, 1.165) is 25.7 Å². The van der Waals surface area contributed by atoms with Crippen LogP contribution < -0.4 is 10.4 Å². The first-order valence-electron chi connectivity index (χ1n) is 9.83. The summed E-state index contributed by atoms with van der Waals surface area (Å²) in [6.45, 7) is 6.88. The van der Waals surface area contributed by atoms with Crippen LogP contribution in [0.5, 0.6) is 0 Å². The summed E-state index contributed by atoms with van der Waals surface area (Å²) in [7, 11) is -2.53. The molecule has 0 radical (unpaired) electrons. The van der Waals surface area contributed by atoms with Crippen LogP contribution in [0.2, 0.25) is 5.04 Å². The van der Waals surface area contributed by atoms with E-state index in [1.54, 1.807) is 6.08 Å². The van der Waals surface area contributed by atoms with E-state index in [0.29, 0.717) is 0 Å². The molecule has 3 nitrogen and oxygen atoms in total. The standard InChI is InChI=1S/C23H29NO2Si/c1-23(2,3)27(21-13-6-4-7-14-21,22-15-8-5-9-16-22)26-20-12-10-11-19(17-20)24-18-25/h4-9,13-16,19-20H,10-12,17H2,1-3H3. The van der Waals surface area contributed by atoms with Crippen LogP contribution in [0.15, 0.2) is 65.7 Å². The van der Waals surface area contributed by atoms with Crippen molar-refractivity contribution < 1.29 is 9.22 Å². The molecule has 2 unspecified atom stereocenters. The number of hydrogen-bond acceptors (Lipinski definition) is 3. The maximum atomic E-state index is 10.7. The molecule has 1 fully saturated rings. The molecule has 4 heteroatoms. The Kier molecular flexibility index (Phi) is 6.10. The summed E-state index contributed by atoms with van der Waals surface area (Å²) in [4.78, 5) is 14.7. The summed E-state index contributed by atoms with van der Waals surface area (Å²) in [6, 6.07) is 21.5. The monoisotopic (exact) mass is 379 g/mol. The van der Waals surface area contributed by atoms with Gasteiger partial charge in [-0.25, -0.2) is 9.79 Å². The van der Waals surface area contributed by atoms with Gasteiger partial charge in [-0.15, -0.1) is 0 Å². The van der Waals surface area contributed by atoms with Crippen molar-refractivity contribution >= 4 is 24.8 Å². The number of carbonyl (C=O) groups excluding carboxylic acids is 1. The van der Waals surface area contributed by atoms with Gasteiger partial charge in [-0.05, 0) is 41.1 Å². The van der Waals surface area contributed by atoms with Crippen molar-refractivity contribution in [2.45, 2.75) is 63.6 Å². The Balaban J connectivity index is 2.08. The van der Waals surface area contributed by atoms with Crippen molar-refractivity contribution in [3.8, 4) is 0 Å². The lowest BCUT2D eigenvalue weighted by Gasteiger charge is -2.46. The van der Waals surface area contributed by atoms with Crippen molar-refractivity contribution in [3.63, 3.8) is 0 Å². The highest BCUT2D eigenvalue weighted by molar-refractivity contribution is 6.99. The van der Waals surface area contributed by atoms with Gasteiger partial charge >= 0.3 is 0 Å². The minimum absolute atomic E-state index is 0.0312. The summed E-state index contributed by atoms with van der Waals surface area (Å²) in [6.07, 6.45) is 5.69. The fourth-order valence-corrected chi connectivity index (χ4v) is 9.09. The first-order chi connectivity index (χ1) is 13.0. The van der Waals surface area contributed by atoms with Crippen LogP contribution in [0.3, 0.4) is 0 Å². The number of rotatable bonds is 5. The Labute approximate surface area is 163 Å². The summed E-state index contributed by atoms with van der Waals surface area (Å²) in [5.74, 6) is 0. The van der Waals surface area contributed by atoms with Gasteiger partial charge in [-0.3, -0.25) is 0 Å². The SMILES string of the molecule is CC(C)(C)[Si](OC1CCCC(N=C=O)C1)(c1ccccc1)c1ccccc1. The van der Waals surface area contributed by atoms with Gasteiger partial charge in [-0.1, -0.05) is 81.4 Å². The van der Waals surface area contributed by atoms with E-state index in [9.17, 15) is 4.79 Å². The molecular formula is C23H29NO2Si. The van der Waals surface area contributed by atoms with Crippen LogP contribution in [0, 0.1) is 0 Å². The molecule has 1 aliphatic carbocycles. The largest absolute Gasteiger partial charge is 0.404 e. The van der Waals surface area contributed by atoms with Crippen molar-refractivity contribution in [2.75, 3.05) is 0 Å². The molecule has 142 valence electrons. The molecule has 1 aliphatic rings. The average molecular weight is 380 g/mol. The molecule has 0 aromatic heterocycles. The van der Waals surface area contributed by atoms with Gasteiger partial charge in [0.25, 0.3) is 8.32 Å². The predicted molar refractivity (Wildman–Crippen MR) is 113 cm³/mol. The molecule has 2 atom stereocenters. The first kappa shape index (κ1) is 19.8. The van der Waals surface area contributed by atoms with Crippen LogP contribution in [0.25, 0.3) is 0 Å². The summed E-state index contributed by atoms with van der Waals surface area (Å²) in [5.41, 5.74) is 0. The normalized spacial score (nSPS) is 20.7. The van der Waals surface area contributed by atoms with Crippen LogP contribution >= 0.6 is 0 Å². The lowest BCUT2D eigenvalue weighted by molar-refractivity contribution is 0.134. The topological polar surface area (TPSA) is 38.7 Å². The van der Waals surface area contributed by atoms with E-state index < -0.39 is 8.32 Å². The summed E-state index contributed by atoms with van der Waals surface area (Å²) >= 11 is 0. The second kappa shape index (κ2) is 8.35. The molecule has 0 saturated heterocycles. The highest BCUT2D eigenvalue weighted by Crippen LogP contribution is 2.39. The van der Waals surface area contributed by atoms with E-state index in [-0.39, 0.29) is 17.2 Å². The Hall–Kier alpha value is -2.00. The third-order valence-corrected chi connectivity index (χ3v) is 10.7. The van der Waals surface area contributed by atoms with Crippen molar-refractivity contribution in [1.82, 2.24) is 0 Å². The first-order valence-corrected chi connectivity index (χ1v) is 11.7. The van der Waals surface area contributed by atoms with Crippen LogP contribution in [-0.4, -0.2) is 26.5 Å². The van der Waals surface area contributed by atoms with Gasteiger partial charge in [0.15, 0.2) is 0 Å². The Bertz CT molecular complexity index is 740. The molecule has 0 aliphatic heterocycles. The second-order valence-electron chi connectivity index (χ2n) is 8.44. The molecule has 0 spiro atoms. The smallest absolute Gasteiger partial charge is 0.261 e. The maximum Gasteiger partial charge on any atom is 0.261 e. The zero-order valence-corrected chi connectivity index (χ0v) is 17.5. The van der Waals surface area contributed by atoms with Crippen molar-refractivity contribution in [1.29, 1.82) is 0 Å². The quantitative estimate of drug-likeness (QED) is 0.443. The van der Waals surface area contributed by atoms with Crippen LogP contribution in [0.1, 0.15) is 46.5 Å². The lowest BCUT2D eigenvalue weighted by Crippen LogP contribution is -2.68. The average Bonchev–Trinajstić information content (AvgIpc) is 2.67. The van der Waals surface area contributed by atoms with Crippen molar-refractivity contribution in [3.05, 3.63) is 60.7 Å². The number of benzene rings is 2. The second-order valence-corrected chi connectivity index (χ2v) is 12.7. The molecular weight excluding hydrogens is 350 g/mol. The van der Waals surface area contributed by atoms with E-state index in [1.807, 2.05) is 0 Å². The molecule has 1 saturated carbocycles. The third kappa shape index (κ3) is 4.13. The zero-order chi connectivity index (χ0) is 19.3. The Morgan fingerprint density at radius 1 is 0.963 bits per heavy atom. The minimum atomic E-state index is -2.53. The summed E-state index contributed by atoms with van der Waals surface area (Å²) in [5, 5.41) is 2.56. The van der Waals surface area contributed by atoms with E-state index in [4.69, 9.17) is 4.43 Å². The van der Waals surface area contributed by atoms with Crippen LogP contribution in [0.4, 0.5) is 0 Å². The minimum Gasteiger partial charge on any atom is -0.404 e. The van der Waals surface area contributed by atoms with Gasteiger partial charge in [0.2, 0.25) is 6.08 Å². The van der Waals surface area contributed by atoms with E-state index >= 15 is 0 Å². The number of hydrogen-bond donors (Lipinski definition) is 0. The molecule has 2 aromatic carbocycles. The highest BCUT2D eigenvalue weighted by atomic mass is 28.4. The highest BCUT2D eigenvalue weighted by Gasteiger charge is 2.51. The molecule has 0 N–H and O–H groups in total. The Morgan fingerprint density at radius 2 is 1.52 bits per heavy atom. The van der Waals surface area contributed by atoms with Gasteiger partial charge in [0, 0.05) is 6.10 Å². The zero-order valence-electron chi connectivity index (χ0n) is 16.5. The summed E-state index contributed by atoms with van der Waals surface area (Å²) < 4.78 is 7.14. The van der Waals surface area contributed by atoms with E-state index in [1.165, 1.54) is 10.4 Å². The molecule has 3 rings (SSSR count). The molecule has 27 heavy (non-hydrogen) atoms. The Morgan fingerprint density at radius 3 is 2.00 bits per heavy atom. The number of nitrogens with zero attached hydrogens (tertiary/aromatic N) is 1. The van der Waals surface area contributed by atoms with Gasteiger partial charge in [0.1, 0.15) is 0 Å². The molecule has 0 bridgehead atoms. The van der Waals surface area contributed by atoms with Crippen molar-refractivity contribution in [2.24, 2.45) is 4.99 Å². The van der Waals surface area contributed by atoms with Gasteiger partial charge in [0.05, 0.1) is 6.04 Å². The lowest BCUT2D eigenvalue weighted by atomic mass is 9.94. The maximum absolute atomic E-state index is 10.7. The van der Waals surface area contributed by atoms with Crippen LogP contribution in [-0.2, 0) is 9.22 Å². The fraction of sp³-hybridized carbons (Fsp3) is 0.435. The van der Waals surface area contributed by atoms with Gasteiger partial charge in [-0.2, -0.15) is 0 Å². The molecule has 0 amide bonds. The third-order valence-electron chi connectivity index (χ3n) is 5.59. The van der Waals surface area contributed by atoms with Gasteiger partial charge < -0.3 is 4.43 Å². The fourth-order valence-electron chi connectivity index (χ4n) is 4.36. The number of isocyanates is 1. The molecule has 2 aromatic rings. The van der Waals surface area contributed by atoms with E-state index in [2.05, 4.69) is 86.4 Å². The molecule has 0 heterocycles. The number of aliphatic imine (C=N–C) groups is 1. The predicted octanol–water partition coefficient (Wildman–Crippen LogP) is 4.21.